The van der Waals surface area contributed by atoms with Crippen LogP contribution in [0.25, 0.3) is 0 Å². The molecule has 0 radical (unpaired) electrons. The molecule has 2 rings (SSSR count). The molecule has 100 valence electrons. The molecule has 0 aliphatic carbocycles. The minimum atomic E-state index is -1.58. The molecule has 1 aromatic carbocycles. The molecule has 0 saturated carbocycles. The van der Waals surface area contributed by atoms with Crippen molar-refractivity contribution in [1.82, 2.24) is 10.6 Å². The van der Waals surface area contributed by atoms with E-state index in [1.165, 1.54) is 6.92 Å². The van der Waals surface area contributed by atoms with Crippen LogP contribution in [0.1, 0.15) is 18.9 Å². The highest BCUT2D eigenvalue weighted by molar-refractivity contribution is 6.22. The van der Waals surface area contributed by atoms with Crippen LogP contribution in [-0.2, 0) is 15.0 Å². The average molecular weight is 262 g/mol. The highest BCUT2D eigenvalue weighted by Gasteiger charge is 2.52. The number of carbonyl (C=O) groups excluding carboxylic acids is 3. The molecule has 0 spiro atoms. The molecule has 0 unspecified atom stereocenters. The van der Waals surface area contributed by atoms with E-state index in [9.17, 15) is 19.5 Å². The Kier molecular flexibility index (Phi) is 3.35. The van der Waals surface area contributed by atoms with Crippen LogP contribution in [0.3, 0.4) is 0 Å². The number of hydrogen-bond acceptors (Lipinski definition) is 4. The lowest BCUT2D eigenvalue weighted by atomic mass is 9.73. The van der Waals surface area contributed by atoms with E-state index < -0.39 is 29.4 Å². The Morgan fingerprint density at radius 1 is 1.11 bits per heavy atom. The Morgan fingerprint density at radius 2 is 1.63 bits per heavy atom. The standard InChI is InChI=1S/C13H14N2O4/c1-8(16)7-13(9-5-3-2-4-6-9)10(17)14-12(19)15-11(13)18/h2-6,8,16H,7H2,1H3,(H2,14,15,17,18,19)/t8-/m1/s1. The van der Waals surface area contributed by atoms with E-state index in [4.69, 9.17) is 0 Å². The van der Waals surface area contributed by atoms with Crippen molar-refractivity contribution in [2.45, 2.75) is 24.9 Å². The van der Waals surface area contributed by atoms with Gasteiger partial charge in [0.2, 0.25) is 11.8 Å². The van der Waals surface area contributed by atoms with Gasteiger partial charge in [0, 0.05) is 6.42 Å². The zero-order valence-corrected chi connectivity index (χ0v) is 10.3. The number of urea groups is 1. The second kappa shape index (κ2) is 4.81. The van der Waals surface area contributed by atoms with Crippen molar-refractivity contribution in [2.24, 2.45) is 0 Å². The third kappa shape index (κ3) is 2.22. The van der Waals surface area contributed by atoms with Gasteiger partial charge >= 0.3 is 6.03 Å². The van der Waals surface area contributed by atoms with Crippen molar-refractivity contribution < 1.29 is 19.5 Å². The summed E-state index contributed by atoms with van der Waals surface area (Å²) in [6.07, 6.45) is -0.966. The lowest BCUT2D eigenvalue weighted by molar-refractivity contribution is -0.140. The van der Waals surface area contributed by atoms with Crippen LogP contribution in [-0.4, -0.2) is 29.1 Å². The van der Waals surface area contributed by atoms with Gasteiger partial charge in [0.05, 0.1) is 6.10 Å². The summed E-state index contributed by atoms with van der Waals surface area (Å²) in [5.41, 5.74) is -1.14. The fraction of sp³-hybridized carbons (Fsp3) is 0.308. The SMILES string of the molecule is C[C@@H](O)CC1(c2ccccc2)C(=O)NC(=O)NC1=O. The fourth-order valence-corrected chi connectivity index (χ4v) is 2.29. The van der Waals surface area contributed by atoms with Gasteiger partial charge in [0.1, 0.15) is 0 Å². The number of carbonyl (C=O) groups is 3. The Hall–Kier alpha value is -2.21. The van der Waals surface area contributed by atoms with E-state index in [0.717, 1.165) is 0 Å². The molecule has 4 amide bonds. The molecule has 6 nitrogen and oxygen atoms in total. The monoisotopic (exact) mass is 262 g/mol. The molecule has 19 heavy (non-hydrogen) atoms. The predicted octanol–water partition coefficient (Wildman–Crippen LogP) is 0.0613. The molecule has 0 bridgehead atoms. The largest absolute Gasteiger partial charge is 0.393 e. The molecular formula is C13H14N2O4. The number of aliphatic hydroxyl groups excluding tert-OH is 1. The quantitative estimate of drug-likeness (QED) is 0.671. The van der Waals surface area contributed by atoms with E-state index in [1.54, 1.807) is 30.3 Å². The van der Waals surface area contributed by atoms with Crippen molar-refractivity contribution in [3.8, 4) is 0 Å². The predicted molar refractivity (Wildman–Crippen MR) is 66.1 cm³/mol. The first-order chi connectivity index (χ1) is 8.96. The van der Waals surface area contributed by atoms with Gasteiger partial charge in [-0.05, 0) is 12.5 Å². The highest BCUT2D eigenvalue weighted by Crippen LogP contribution is 2.32. The molecule has 6 heteroatoms. The molecule has 1 heterocycles. The number of nitrogens with one attached hydrogen (secondary N) is 2. The van der Waals surface area contributed by atoms with Crippen LogP contribution < -0.4 is 10.6 Å². The maximum Gasteiger partial charge on any atom is 0.328 e. The summed E-state index contributed by atoms with van der Waals surface area (Å²) in [6, 6.07) is 7.54. The summed E-state index contributed by atoms with van der Waals surface area (Å²) < 4.78 is 0. The fourth-order valence-electron chi connectivity index (χ4n) is 2.29. The lowest BCUT2D eigenvalue weighted by Gasteiger charge is -2.35. The van der Waals surface area contributed by atoms with Gasteiger partial charge in [-0.15, -0.1) is 0 Å². The summed E-state index contributed by atoms with van der Waals surface area (Å²) in [6.45, 7) is 1.49. The normalized spacial score (nSPS) is 19.6. The zero-order valence-electron chi connectivity index (χ0n) is 10.3. The molecular weight excluding hydrogens is 248 g/mol. The third-order valence-electron chi connectivity index (χ3n) is 3.10. The lowest BCUT2D eigenvalue weighted by Crippen LogP contribution is -2.65. The highest BCUT2D eigenvalue weighted by atomic mass is 16.3. The van der Waals surface area contributed by atoms with E-state index in [1.807, 2.05) is 0 Å². The van der Waals surface area contributed by atoms with Crippen molar-refractivity contribution in [1.29, 1.82) is 0 Å². The Labute approximate surface area is 109 Å². The number of benzene rings is 1. The molecule has 1 aliphatic heterocycles. The van der Waals surface area contributed by atoms with Crippen LogP contribution in [0.15, 0.2) is 30.3 Å². The van der Waals surface area contributed by atoms with Gasteiger partial charge in [-0.25, -0.2) is 4.79 Å². The number of hydrogen-bond donors (Lipinski definition) is 3. The van der Waals surface area contributed by atoms with Gasteiger partial charge < -0.3 is 5.11 Å². The number of aliphatic hydroxyl groups is 1. The minimum absolute atomic E-state index is 0.0953. The molecule has 1 aromatic rings. The first-order valence-electron chi connectivity index (χ1n) is 5.87. The maximum atomic E-state index is 12.2. The van der Waals surface area contributed by atoms with E-state index in [0.29, 0.717) is 5.56 Å². The Balaban J connectivity index is 2.54. The molecule has 3 N–H and O–H groups in total. The third-order valence-corrected chi connectivity index (χ3v) is 3.10. The topological polar surface area (TPSA) is 95.5 Å². The van der Waals surface area contributed by atoms with Crippen LogP contribution in [0.5, 0.6) is 0 Å². The number of imide groups is 2. The van der Waals surface area contributed by atoms with Crippen molar-refractivity contribution in [2.75, 3.05) is 0 Å². The summed E-state index contributed by atoms with van der Waals surface area (Å²) in [7, 11) is 0. The summed E-state index contributed by atoms with van der Waals surface area (Å²) in [5.74, 6) is -1.43. The number of barbiturate groups is 1. The van der Waals surface area contributed by atoms with Crippen molar-refractivity contribution in [3.63, 3.8) is 0 Å². The van der Waals surface area contributed by atoms with E-state index in [2.05, 4.69) is 10.6 Å². The molecule has 1 atom stereocenters. The van der Waals surface area contributed by atoms with Gasteiger partial charge in [0.15, 0.2) is 5.41 Å². The van der Waals surface area contributed by atoms with Gasteiger partial charge in [0.25, 0.3) is 0 Å². The minimum Gasteiger partial charge on any atom is -0.393 e. The molecule has 0 aromatic heterocycles. The van der Waals surface area contributed by atoms with Crippen molar-refractivity contribution in [3.05, 3.63) is 35.9 Å². The first kappa shape index (κ1) is 13.2. The number of amides is 4. The van der Waals surface area contributed by atoms with Gasteiger partial charge in [-0.2, -0.15) is 0 Å². The second-order valence-electron chi connectivity index (χ2n) is 4.56. The van der Waals surface area contributed by atoms with Crippen LogP contribution in [0.2, 0.25) is 0 Å². The van der Waals surface area contributed by atoms with E-state index in [-0.39, 0.29) is 6.42 Å². The van der Waals surface area contributed by atoms with Crippen LogP contribution in [0, 0.1) is 0 Å². The first-order valence-corrected chi connectivity index (χ1v) is 5.87. The summed E-state index contributed by atoms with van der Waals surface area (Å²) in [5, 5.41) is 13.8. The van der Waals surface area contributed by atoms with Crippen LogP contribution >= 0.6 is 0 Å². The van der Waals surface area contributed by atoms with Gasteiger partial charge in [-0.3, -0.25) is 20.2 Å². The van der Waals surface area contributed by atoms with Crippen molar-refractivity contribution >= 4 is 17.8 Å². The van der Waals surface area contributed by atoms with Crippen LogP contribution in [0.4, 0.5) is 4.79 Å². The second-order valence-corrected chi connectivity index (χ2v) is 4.56. The average Bonchev–Trinajstić information content (AvgIpc) is 2.34. The molecule has 1 saturated heterocycles. The van der Waals surface area contributed by atoms with Gasteiger partial charge in [-0.1, -0.05) is 30.3 Å². The molecule has 1 aliphatic rings. The smallest absolute Gasteiger partial charge is 0.328 e. The number of rotatable bonds is 3. The summed E-state index contributed by atoms with van der Waals surface area (Å²) in [4.78, 5) is 35.5. The molecule has 1 fully saturated rings. The van der Waals surface area contributed by atoms with E-state index >= 15 is 0 Å². The Morgan fingerprint density at radius 3 is 2.11 bits per heavy atom. The zero-order chi connectivity index (χ0) is 14.0. The maximum absolute atomic E-state index is 12.2. The summed E-state index contributed by atoms with van der Waals surface area (Å²) >= 11 is 0. The Bertz CT molecular complexity index is 505.